The average Bonchev–Trinajstić information content (AvgIpc) is 3.08. The van der Waals surface area contributed by atoms with Crippen LogP contribution in [0.5, 0.6) is 11.5 Å². The van der Waals surface area contributed by atoms with Crippen LogP contribution in [-0.2, 0) is 6.54 Å². The number of carbonyl (C=O) groups excluding carboxylic acids is 1. The van der Waals surface area contributed by atoms with Crippen LogP contribution in [0.4, 0.5) is 0 Å². The summed E-state index contributed by atoms with van der Waals surface area (Å²) in [4.78, 5) is 17.9. The topological polar surface area (TPSA) is 52.8 Å². The Bertz CT molecular complexity index is 1300. The molecule has 0 atom stereocenters. The van der Waals surface area contributed by atoms with Gasteiger partial charge in [0.15, 0.2) is 16.3 Å². The van der Waals surface area contributed by atoms with Crippen LogP contribution in [0.25, 0.3) is 21.0 Å². The molecule has 4 aromatic rings. The van der Waals surface area contributed by atoms with Crippen molar-refractivity contribution in [3.8, 4) is 11.5 Å². The third-order valence-corrected chi connectivity index (χ3v) is 5.73. The third-order valence-electron chi connectivity index (χ3n) is 4.69. The quantitative estimate of drug-likeness (QED) is 0.449. The summed E-state index contributed by atoms with van der Waals surface area (Å²) in [6.07, 6.45) is 1.78. The number of methoxy groups -OCH3 is 2. The maximum atomic E-state index is 12.9. The molecule has 0 unspecified atom stereocenters. The van der Waals surface area contributed by atoms with Crippen molar-refractivity contribution in [2.24, 2.45) is 4.99 Å². The lowest BCUT2D eigenvalue weighted by Gasteiger charge is -2.08. The molecule has 0 fully saturated rings. The summed E-state index contributed by atoms with van der Waals surface area (Å²) >= 11 is 1.43. The third kappa shape index (κ3) is 3.54. The lowest BCUT2D eigenvalue weighted by molar-refractivity contribution is 0.0998. The summed E-state index contributed by atoms with van der Waals surface area (Å²) in [6.45, 7) is 4.36. The largest absolute Gasteiger partial charge is 0.493 e. The van der Waals surface area contributed by atoms with Crippen molar-refractivity contribution < 1.29 is 14.3 Å². The van der Waals surface area contributed by atoms with Gasteiger partial charge in [0.25, 0.3) is 5.91 Å². The molecule has 0 aliphatic carbocycles. The van der Waals surface area contributed by atoms with Crippen LogP contribution in [-0.4, -0.2) is 24.7 Å². The second kappa shape index (κ2) is 7.93. The lowest BCUT2D eigenvalue weighted by Crippen LogP contribution is -2.16. The highest BCUT2D eigenvalue weighted by molar-refractivity contribution is 7.16. The molecule has 1 aromatic heterocycles. The molecular formula is C23H20N2O3S. The molecule has 0 spiro atoms. The zero-order chi connectivity index (χ0) is 20.4. The summed E-state index contributed by atoms with van der Waals surface area (Å²) in [5.74, 6) is 0.987. The van der Waals surface area contributed by atoms with Crippen LogP contribution >= 0.6 is 11.3 Å². The first-order chi connectivity index (χ1) is 14.1. The molecule has 0 N–H and O–H groups in total. The van der Waals surface area contributed by atoms with Gasteiger partial charge in [0.05, 0.1) is 24.4 Å². The molecule has 1 heterocycles. The predicted molar refractivity (Wildman–Crippen MR) is 117 cm³/mol. The van der Waals surface area contributed by atoms with Gasteiger partial charge in [-0.25, -0.2) is 0 Å². The fraction of sp³-hybridized carbons (Fsp3) is 0.130. The number of carbonyl (C=O) groups is 1. The number of amides is 1. The highest BCUT2D eigenvalue weighted by Gasteiger charge is 2.13. The number of nitrogens with zero attached hydrogens (tertiary/aromatic N) is 2. The SMILES string of the molecule is C=CCn1c(=NC(=O)c2ccc3ccccc3c2)sc2cc(OC)c(OC)cc21. The van der Waals surface area contributed by atoms with E-state index < -0.39 is 0 Å². The Morgan fingerprint density at radius 1 is 1.07 bits per heavy atom. The minimum atomic E-state index is -0.279. The van der Waals surface area contributed by atoms with E-state index in [0.29, 0.717) is 28.4 Å². The molecule has 0 aliphatic heterocycles. The molecule has 0 saturated carbocycles. The Kier molecular flexibility index (Phi) is 5.18. The Balaban J connectivity index is 1.86. The molecule has 29 heavy (non-hydrogen) atoms. The maximum Gasteiger partial charge on any atom is 0.279 e. The van der Waals surface area contributed by atoms with Crippen LogP contribution in [0.15, 0.2) is 72.2 Å². The molecule has 1 amide bonds. The first-order valence-corrected chi connectivity index (χ1v) is 9.90. The summed E-state index contributed by atoms with van der Waals surface area (Å²) in [5, 5.41) is 2.10. The number of fused-ring (bicyclic) bond motifs is 2. The van der Waals surface area contributed by atoms with E-state index in [9.17, 15) is 4.79 Å². The standard InChI is InChI=1S/C23H20N2O3S/c1-4-11-25-18-13-19(27-2)20(28-3)14-21(18)29-23(25)24-22(26)17-10-9-15-7-5-6-8-16(15)12-17/h4-10,12-14H,1,11H2,2-3H3. The second-order valence-corrected chi connectivity index (χ2v) is 7.45. The monoisotopic (exact) mass is 404 g/mol. The summed E-state index contributed by atoms with van der Waals surface area (Å²) < 4.78 is 13.7. The molecule has 0 aliphatic rings. The van der Waals surface area contributed by atoms with Gasteiger partial charge in [-0.2, -0.15) is 4.99 Å². The number of aromatic nitrogens is 1. The van der Waals surface area contributed by atoms with Crippen molar-refractivity contribution in [1.82, 2.24) is 4.57 Å². The van der Waals surface area contributed by atoms with Crippen molar-refractivity contribution in [3.05, 3.63) is 77.6 Å². The average molecular weight is 404 g/mol. The van der Waals surface area contributed by atoms with E-state index in [1.54, 1.807) is 20.3 Å². The van der Waals surface area contributed by atoms with Crippen molar-refractivity contribution in [1.29, 1.82) is 0 Å². The van der Waals surface area contributed by atoms with Crippen LogP contribution in [0, 0.1) is 0 Å². The van der Waals surface area contributed by atoms with Gasteiger partial charge in [0.1, 0.15) is 0 Å². The van der Waals surface area contributed by atoms with Crippen molar-refractivity contribution in [2.45, 2.75) is 6.54 Å². The second-order valence-electron chi connectivity index (χ2n) is 6.44. The first kappa shape index (κ1) is 19.0. The van der Waals surface area contributed by atoms with Gasteiger partial charge >= 0.3 is 0 Å². The maximum absolute atomic E-state index is 12.9. The van der Waals surface area contributed by atoms with Gasteiger partial charge in [-0.1, -0.05) is 47.7 Å². The molecule has 0 radical (unpaired) electrons. The van der Waals surface area contributed by atoms with Gasteiger partial charge in [0.2, 0.25) is 0 Å². The molecule has 6 heteroatoms. The Labute approximate surface area is 172 Å². The number of thiazole rings is 1. The number of hydrogen-bond donors (Lipinski definition) is 0. The van der Waals surface area contributed by atoms with Gasteiger partial charge in [-0.15, -0.1) is 6.58 Å². The summed E-state index contributed by atoms with van der Waals surface area (Å²) in [6, 6.07) is 17.4. The Morgan fingerprint density at radius 3 is 2.52 bits per heavy atom. The first-order valence-electron chi connectivity index (χ1n) is 9.08. The molecule has 146 valence electrons. The van der Waals surface area contributed by atoms with Gasteiger partial charge in [0, 0.05) is 24.2 Å². The highest BCUT2D eigenvalue weighted by Crippen LogP contribution is 2.33. The van der Waals surface area contributed by atoms with Crippen molar-refractivity contribution in [3.63, 3.8) is 0 Å². The smallest absolute Gasteiger partial charge is 0.279 e. The van der Waals surface area contributed by atoms with E-state index in [2.05, 4.69) is 11.6 Å². The Morgan fingerprint density at radius 2 is 1.79 bits per heavy atom. The number of hydrogen-bond acceptors (Lipinski definition) is 4. The van der Waals surface area contributed by atoms with Crippen LogP contribution in [0.2, 0.25) is 0 Å². The minimum Gasteiger partial charge on any atom is -0.493 e. The minimum absolute atomic E-state index is 0.279. The highest BCUT2D eigenvalue weighted by atomic mass is 32.1. The van der Waals surface area contributed by atoms with E-state index in [1.807, 2.05) is 59.2 Å². The molecule has 3 aromatic carbocycles. The van der Waals surface area contributed by atoms with E-state index in [-0.39, 0.29) is 5.91 Å². The molecule has 5 nitrogen and oxygen atoms in total. The van der Waals surface area contributed by atoms with Crippen LogP contribution in [0.3, 0.4) is 0 Å². The zero-order valence-corrected chi connectivity index (χ0v) is 17.0. The number of allylic oxidation sites excluding steroid dienone is 1. The molecular weight excluding hydrogens is 384 g/mol. The number of rotatable bonds is 5. The van der Waals surface area contributed by atoms with E-state index in [4.69, 9.17) is 9.47 Å². The van der Waals surface area contributed by atoms with Crippen LogP contribution in [0.1, 0.15) is 10.4 Å². The molecule has 4 rings (SSSR count). The summed E-state index contributed by atoms with van der Waals surface area (Å²) in [7, 11) is 3.20. The number of ether oxygens (including phenoxy) is 2. The normalized spacial score (nSPS) is 11.7. The van der Waals surface area contributed by atoms with Gasteiger partial charge < -0.3 is 14.0 Å². The van der Waals surface area contributed by atoms with Crippen LogP contribution < -0.4 is 14.3 Å². The molecule has 0 bridgehead atoms. The van der Waals surface area contributed by atoms with Gasteiger partial charge in [-0.05, 0) is 22.9 Å². The summed E-state index contributed by atoms with van der Waals surface area (Å²) in [5.41, 5.74) is 1.47. The predicted octanol–water partition coefficient (Wildman–Crippen LogP) is 4.80. The van der Waals surface area contributed by atoms with Crippen molar-refractivity contribution in [2.75, 3.05) is 14.2 Å². The van der Waals surface area contributed by atoms with E-state index in [1.165, 1.54) is 11.3 Å². The molecule has 0 saturated heterocycles. The fourth-order valence-corrected chi connectivity index (χ4v) is 4.31. The van der Waals surface area contributed by atoms with E-state index in [0.717, 1.165) is 21.0 Å². The van der Waals surface area contributed by atoms with Gasteiger partial charge in [-0.3, -0.25) is 4.79 Å². The zero-order valence-electron chi connectivity index (χ0n) is 16.2. The van der Waals surface area contributed by atoms with Crippen molar-refractivity contribution >= 4 is 38.2 Å². The fourth-order valence-electron chi connectivity index (χ4n) is 3.26. The number of benzene rings is 3. The Hall–Kier alpha value is -3.38. The van der Waals surface area contributed by atoms with E-state index >= 15 is 0 Å². The lowest BCUT2D eigenvalue weighted by atomic mass is 10.1.